The van der Waals surface area contributed by atoms with Gasteiger partial charge in [-0.1, -0.05) is 6.07 Å². The maximum atomic E-state index is 11.2. The lowest BCUT2D eigenvalue weighted by Gasteiger charge is -2.25. The van der Waals surface area contributed by atoms with Crippen molar-refractivity contribution in [2.75, 3.05) is 13.1 Å². The topological polar surface area (TPSA) is 92.6 Å². The Kier molecular flexibility index (Phi) is 3.91. The number of rotatable bonds is 3. The van der Waals surface area contributed by atoms with Crippen LogP contribution in [0, 0.1) is 10.1 Å². The van der Waals surface area contributed by atoms with Gasteiger partial charge in [-0.05, 0) is 27.6 Å². The minimum atomic E-state index is -0.484. The van der Waals surface area contributed by atoms with Crippen molar-refractivity contribution in [3.63, 3.8) is 0 Å². The highest BCUT2D eigenvalue weighted by Crippen LogP contribution is 2.26. The van der Waals surface area contributed by atoms with E-state index in [1.54, 1.807) is 17.0 Å². The Bertz CT molecular complexity index is 545. The van der Waals surface area contributed by atoms with Crippen molar-refractivity contribution in [1.82, 2.24) is 10.2 Å². The summed E-state index contributed by atoms with van der Waals surface area (Å²) in [4.78, 5) is 34.4. The van der Waals surface area contributed by atoms with Gasteiger partial charge in [0.2, 0.25) is 11.8 Å². The molecule has 19 heavy (non-hydrogen) atoms. The van der Waals surface area contributed by atoms with Crippen LogP contribution >= 0.6 is 15.9 Å². The molecule has 2 rings (SSSR count). The number of nitro groups is 1. The smallest absolute Gasteiger partial charge is 0.283 e. The molecule has 1 fully saturated rings. The predicted octanol–water partition coefficient (Wildman–Crippen LogP) is 0.816. The highest BCUT2D eigenvalue weighted by atomic mass is 79.9. The Balaban J connectivity index is 2.15. The van der Waals surface area contributed by atoms with E-state index in [0.717, 1.165) is 0 Å². The van der Waals surface area contributed by atoms with E-state index in [2.05, 4.69) is 21.2 Å². The van der Waals surface area contributed by atoms with E-state index in [0.29, 0.717) is 16.6 Å². The van der Waals surface area contributed by atoms with Crippen LogP contribution in [0.25, 0.3) is 0 Å². The van der Waals surface area contributed by atoms with Gasteiger partial charge in [-0.15, -0.1) is 0 Å². The lowest BCUT2D eigenvalue weighted by atomic mass is 10.2. The zero-order valence-electron chi connectivity index (χ0n) is 9.76. The maximum Gasteiger partial charge on any atom is 0.283 e. The number of piperazine rings is 1. The number of nitrogens with zero attached hydrogens (tertiary/aromatic N) is 2. The summed E-state index contributed by atoms with van der Waals surface area (Å²) in [5, 5.41) is 13.0. The number of amides is 2. The monoisotopic (exact) mass is 327 g/mol. The number of hydrogen-bond acceptors (Lipinski definition) is 5. The first-order chi connectivity index (χ1) is 8.95. The van der Waals surface area contributed by atoms with E-state index in [-0.39, 0.29) is 30.6 Å². The molecule has 1 aliphatic heterocycles. The molecule has 0 radical (unpaired) electrons. The standard InChI is InChI=1S/C11H10BrN3O4/c12-8-2-1-7(3-9(8)15(18)19)4-14-5-10(16)13-11(17)6-14/h1-3H,4-6H2,(H,13,16,17). The Morgan fingerprint density at radius 2 is 1.95 bits per heavy atom. The third kappa shape index (κ3) is 3.36. The van der Waals surface area contributed by atoms with E-state index in [1.807, 2.05) is 0 Å². The van der Waals surface area contributed by atoms with E-state index in [9.17, 15) is 19.7 Å². The van der Waals surface area contributed by atoms with E-state index in [1.165, 1.54) is 6.07 Å². The minimum absolute atomic E-state index is 0.0368. The Hall–Kier alpha value is -1.80. The number of benzene rings is 1. The van der Waals surface area contributed by atoms with Crippen molar-refractivity contribution in [3.05, 3.63) is 38.3 Å². The second kappa shape index (κ2) is 5.45. The Morgan fingerprint density at radius 3 is 2.53 bits per heavy atom. The summed E-state index contributed by atoms with van der Waals surface area (Å²) < 4.78 is 0.397. The first kappa shape index (κ1) is 13.6. The van der Waals surface area contributed by atoms with Crippen molar-refractivity contribution in [3.8, 4) is 0 Å². The number of nitro benzene ring substituents is 1. The van der Waals surface area contributed by atoms with E-state index < -0.39 is 4.92 Å². The number of nitrogens with one attached hydrogen (secondary N) is 1. The average molecular weight is 328 g/mol. The summed E-state index contributed by atoms with van der Waals surface area (Å²) in [6, 6.07) is 4.73. The van der Waals surface area contributed by atoms with Crippen LogP contribution in [0.1, 0.15) is 5.56 Å². The molecule has 0 atom stereocenters. The second-order valence-corrected chi connectivity index (χ2v) is 5.01. The van der Waals surface area contributed by atoms with Gasteiger partial charge in [0.25, 0.3) is 5.69 Å². The van der Waals surface area contributed by atoms with Crippen LogP contribution in [0.3, 0.4) is 0 Å². The first-order valence-corrected chi connectivity index (χ1v) is 6.23. The number of carbonyl (C=O) groups excluding carboxylic acids is 2. The maximum absolute atomic E-state index is 11.2. The fourth-order valence-corrected chi connectivity index (χ4v) is 2.25. The molecule has 1 saturated heterocycles. The van der Waals surface area contributed by atoms with Crippen molar-refractivity contribution in [2.45, 2.75) is 6.54 Å². The number of carbonyl (C=O) groups is 2. The van der Waals surface area contributed by atoms with Crippen LogP contribution in [-0.4, -0.2) is 34.7 Å². The van der Waals surface area contributed by atoms with Crippen molar-refractivity contribution < 1.29 is 14.5 Å². The Morgan fingerprint density at radius 1 is 1.32 bits per heavy atom. The van der Waals surface area contributed by atoms with Gasteiger partial charge in [-0.2, -0.15) is 0 Å². The zero-order valence-corrected chi connectivity index (χ0v) is 11.3. The predicted molar refractivity (Wildman–Crippen MR) is 69.2 cm³/mol. The molecular weight excluding hydrogens is 318 g/mol. The lowest BCUT2D eigenvalue weighted by Crippen LogP contribution is -2.50. The fourth-order valence-electron chi connectivity index (χ4n) is 1.86. The van der Waals surface area contributed by atoms with Crippen molar-refractivity contribution in [1.29, 1.82) is 0 Å². The molecule has 0 saturated carbocycles. The second-order valence-electron chi connectivity index (χ2n) is 4.16. The number of halogens is 1. The Labute approximate surface area is 116 Å². The molecule has 1 N–H and O–H groups in total. The average Bonchev–Trinajstić information content (AvgIpc) is 2.30. The summed E-state index contributed by atoms with van der Waals surface area (Å²) in [6.45, 7) is 0.526. The van der Waals surface area contributed by atoms with Gasteiger partial charge in [-0.3, -0.25) is 29.9 Å². The van der Waals surface area contributed by atoms with Gasteiger partial charge in [0.1, 0.15) is 0 Å². The van der Waals surface area contributed by atoms with Crippen LogP contribution in [0.2, 0.25) is 0 Å². The van der Waals surface area contributed by atoms with Gasteiger partial charge in [-0.25, -0.2) is 0 Å². The molecule has 1 heterocycles. The summed E-state index contributed by atoms with van der Waals surface area (Å²) in [7, 11) is 0. The molecule has 0 aromatic heterocycles. The molecule has 0 bridgehead atoms. The zero-order chi connectivity index (χ0) is 14.0. The lowest BCUT2D eigenvalue weighted by molar-refractivity contribution is -0.385. The van der Waals surface area contributed by atoms with Gasteiger partial charge < -0.3 is 0 Å². The molecule has 0 spiro atoms. The molecule has 7 nitrogen and oxygen atoms in total. The molecule has 1 aromatic rings. The molecule has 100 valence electrons. The fraction of sp³-hybridized carbons (Fsp3) is 0.273. The molecule has 1 aromatic carbocycles. The summed E-state index contributed by atoms with van der Waals surface area (Å²) in [6.07, 6.45) is 0. The highest BCUT2D eigenvalue weighted by molar-refractivity contribution is 9.10. The number of imide groups is 1. The third-order valence-electron chi connectivity index (χ3n) is 2.63. The molecule has 2 amide bonds. The molecule has 0 unspecified atom stereocenters. The largest absolute Gasteiger partial charge is 0.294 e. The highest BCUT2D eigenvalue weighted by Gasteiger charge is 2.23. The van der Waals surface area contributed by atoms with Crippen LogP contribution in [0.5, 0.6) is 0 Å². The quantitative estimate of drug-likeness (QED) is 0.504. The summed E-state index contributed by atoms with van der Waals surface area (Å²) in [5.74, 6) is -0.717. The molecular formula is C11H10BrN3O4. The van der Waals surface area contributed by atoms with Gasteiger partial charge in [0.15, 0.2) is 0 Å². The van der Waals surface area contributed by atoms with Crippen LogP contribution in [0.15, 0.2) is 22.7 Å². The van der Waals surface area contributed by atoms with Gasteiger partial charge >= 0.3 is 0 Å². The SMILES string of the molecule is O=C1CN(Cc2ccc(Br)c([N+](=O)[O-])c2)CC(=O)N1. The summed E-state index contributed by atoms with van der Waals surface area (Å²) in [5.41, 5.74) is 0.641. The van der Waals surface area contributed by atoms with Crippen molar-refractivity contribution >= 4 is 33.4 Å². The number of hydrogen-bond donors (Lipinski definition) is 1. The first-order valence-electron chi connectivity index (χ1n) is 5.43. The van der Waals surface area contributed by atoms with Crippen molar-refractivity contribution in [2.24, 2.45) is 0 Å². The normalized spacial score (nSPS) is 16.3. The third-order valence-corrected chi connectivity index (χ3v) is 3.30. The van der Waals surface area contributed by atoms with Gasteiger partial charge in [0.05, 0.1) is 22.5 Å². The van der Waals surface area contributed by atoms with Crippen LogP contribution < -0.4 is 5.32 Å². The minimum Gasteiger partial charge on any atom is -0.294 e. The molecule has 8 heteroatoms. The molecule has 1 aliphatic rings. The van der Waals surface area contributed by atoms with Crippen LogP contribution in [0.4, 0.5) is 5.69 Å². The van der Waals surface area contributed by atoms with Gasteiger partial charge in [0, 0.05) is 12.6 Å². The van der Waals surface area contributed by atoms with Crippen LogP contribution in [-0.2, 0) is 16.1 Å². The molecule has 0 aliphatic carbocycles. The van der Waals surface area contributed by atoms with E-state index >= 15 is 0 Å². The summed E-state index contributed by atoms with van der Waals surface area (Å²) >= 11 is 3.10. The van der Waals surface area contributed by atoms with E-state index in [4.69, 9.17) is 0 Å².